The molecule has 0 heterocycles. The van der Waals surface area contributed by atoms with Crippen LogP contribution in [0.15, 0.2) is 49.1 Å². The molecular weight excluding hydrogens is 152 g/mol. The van der Waals surface area contributed by atoms with Crippen molar-refractivity contribution in [2.75, 3.05) is 7.11 Å². The van der Waals surface area contributed by atoms with Crippen molar-refractivity contribution in [2.45, 2.75) is 0 Å². The normalized spacial score (nSPS) is 11.2. The van der Waals surface area contributed by atoms with E-state index in [1.165, 1.54) is 13.2 Å². The standard InChI is InChI=1S/C10H12O2/c1-4-6-9(5-2)7-8-10(11)12-3/h4-8H,1-2H2,3H3. The minimum atomic E-state index is -0.383. The Morgan fingerprint density at radius 2 is 2.00 bits per heavy atom. The predicted octanol–water partition coefficient (Wildman–Crippen LogP) is 2.01. The Bertz CT molecular complexity index is 234. The van der Waals surface area contributed by atoms with E-state index in [2.05, 4.69) is 17.9 Å². The Hall–Kier alpha value is -1.57. The number of esters is 1. The van der Waals surface area contributed by atoms with E-state index in [0.29, 0.717) is 0 Å². The summed E-state index contributed by atoms with van der Waals surface area (Å²) in [5, 5.41) is 0. The maximum Gasteiger partial charge on any atom is 0.330 e. The van der Waals surface area contributed by atoms with E-state index in [0.717, 1.165) is 5.57 Å². The van der Waals surface area contributed by atoms with Gasteiger partial charge in [0.2, 0.25) is 0 Å². The molecule has 2 nitrogen and oxygen atoms in total. The molecule has 0 aliphatic carbocycles. The van der Waals surface area contributed by atoms with Crippen molar-refractivity contribution in [2.24, 2.45) is 0 Å². The molecule has 0 aromatic heterocycles. The lowest BCUT2D eigenvalue weighted by atomic mass is 10.2. The molecule has 0 amide bonds. The second-order valence-corrected chi connectivity index (χ2v) is 1.96. The van der Waals surface area contributed by atoms with Crippen LogP contribution in [-0.2, 0) is 9.53 Å². The van der Waals surface area contributed by atoms with E-state index in [1.807, 2.05) is 0 Å². The number of methoxy groups -OCH3 is 1. The van der Waals surface area contributed by atoms with Crippen molar-refractivity contribution in [3.63, 3.8) is 0 Å². The Morgan fingerprint density at radius 1 is 1.33 bits per heavy atom. The van der Waals surface area contributed by atoms with Crippen LogP contribution >= 0.6 is 0 Å². The Kier molecular flexibility index (Phi) is 5.35. The van der Waals surface area contributed by atoms with E-state index < -0.39 is 0 Å². The third-order valence-electron chi connectivity index (χ3n) is 1.16. The molecule has 0 saturated carbocycles. The summed E-state index contributed by atoms with van der Waals surface area (Å²) in [5.41, 5.74) is 0.815. The van der Waals surface area contributed by atoms with E-state index >= 15 is 0 Å². The largest absolute Gasteiger partial charge is 0.466 e. The highest BCUT2D eigenvalue weighted by atomic mass is 16.5. The fraction of sp³-hybridized carbons (Fsp3) is 0.100. The van der Waals surface area contributed by atoms with Gasteiger partial charge in [-0.25, -0.2) is 4.79 Å². The average molecular weight is 164 g/mol. The summed E-state index contributed by atoms with van der Waals surface area (Å²) in [6, 6.07) is 0. The minimum Gasteiger partial charge on any atom is -0.466 e. The first kappa shape index (κ1) is 10.4. The topological polar surface area (TPSA) is 26.3 Å². The summed E-state index contributed by atoms with van der Waals surface area (Å²) in [7, 11) is 1.33. The Balaban J connectivity index is 4.29. The third kappa shape index (κ3) is 4.28. The zero-order valence-corrected chi connectivity index (χ0v) is 7.12. The van der Waals surface area contributed by atoms with Crippen molar-refractivity contribution in [3.8, 4) is 0 Å². The molecule has 0 aliphatic heterocycles. The lowest BCUT2D eigenvalue weighted by Crippen LogP contribution is -1.93. The van der Waals surface area contributed by atoms with Gasteiger partial charge in [-0.1, -0.05) is 31.4 Å². The highest BCUT2D eigenvalue weighted by molar-refractivity contribution is 5.82. The van der Waals surface area contributed by atoms with Crippen LogP contribution in [0.25, 0.3) is 0 Å². The molecule has 0 N–H and O–H groups in total. The van der Waals surface area contributed by atoms with E-state index in [1.54, 1.807) is 24.3 Å². The lowest BCUT2D eigenvalue weighted by molar-refractivity contribution is -0.134. The molecule has 0 fully saturated rings. The summed E-state index contributed by atoms with van der Waals surface area (Å²) in [6.45, 7) is 7.09. The van der Waals surface area contributed by atoms with E-state index in [-0.39, 0.29) is 5.97 Å². The molecule has 0 radical (unpaired) electrons. The number of hydrogen-bond donors (Lipinski definition) is 0. The highest BCUT2D eigenvalue weighted by Gasteiger charge is 1.89. The van der Waals surface area contributed by atoms with Gasteiger partial charge in [0.05, 0.1) is 7.11 Å². The summed E-state index contributed by atoms with van der Waals surface area (Å²) in [6.07, 6.45) is 7.93. The van der Waals surface area contributed by atoms with Gasteiger partial charge in [0.1, 0.15) is 0 Å². The van der Waals surface area contributed by atoms with Crippen molar-refractivity contribution >= 4 is 5.97 Å². The first-order chi connectivity index (χ1) is 5.74. The smallest absolute Gasteiger partial charge is 0.330 e. The van der Waals surface area contributed by atoms with Gasteiger partial charge in [0.25, 0.3) is 0 Å². The number of ether oxygens (including phenoxy) is 1. The molecule has 12 heavy (non-hydrogen) atoms. The molecule has 0 bridgehead atoms. The molecule has 0 aromatic carbocycles. The summed E-state index contributed by atoms with van der Waals surface area (Å²) >= 11 is 0. The maximum atomic E-state index is 10.6. The van der Waals surface area contributed by atoms with Crippen LogP contribution in [0, 0.1) is 0 Å². The van der Waals surface area contributed by atoms with Gasteiger partial charge in [-0.05, 0) is 11.6 Å². The number of hydrogen-bond acceptors (Lipinski definition) is 2. The van der Waals surface area contributed by atoms with Crippen molar-refractivity contribution in [1.29, 1.82) is 0 Å². The fourth-order valence-electron chi connectivity index (χ4n) is 0.560. The molecular formula is C10H12O2. The monoisotopic (exact) mass is 164 g/mol. The molecule has 0 aliphatic rings. The van der Waals surface area contributed by atoms with Crippen LogP contribution < -0.4 is 0 Å². The first-order valence-electron chi connectivity index (χ1n) is 3.45. The molecule has 0 saturated heterocycles. The van der Waals surface area contributed by atoms with Crippen molar-refractivity contribution in [3.05, 3.63) is 49.1 Å². The summed E-state index contributed by atoms with van der Waals surface area (Å²) in [5.74, 6) is -0.383. The summed E-state index contributed by atoms with van der Waals surface area (Å²) in [4.78, 5) is 10.6. The molecule has 0 rings (SSSR count). The maximum absolute atomic E-state index is 10.6. The van der Waals surface area contributed by atoms with Gasteiger partial charge in [0, 0.05) is 6.08 Å². The van der Waals surface area contributed by atoms with Crippen LogP contribution in [0.4, 0.5) is 0 Å². The third-order valence-corrected chi connectivity index (χ3v) is 1.16. The fourth-order valence-corrected chi connectivity index (χ4v) is 0.560. The quantitative estimate of drug-likeness (QED) is 0.361. The van der Waals surface area contributed by atoms with Gasteiger partial charge in [-0.15, -0.1) is 0 Å². The molecule has 0 unspecified atom stereocenters. The zero-order valence-electron chi connectivity index (χ0n) is 7.12. The second-order valence-electron chi connectivity index (χ2n) is 1.96. The van der Waals surface area contributed by atoms with E-state index in [9.17, 15) is 4.79 Å². The van der Waals surface area contributed by atoms with Gasteiger partial charge in [0.15, 0.2) is 0 Å². The van der Waals surface area contributed by atoms with Gasteiger partial charge in [-0.3, -0.25) is 0 Å². The Morgan fingerprint density at radius 3 is 2.42 bits per heavy atom. The zero-order chi connectivity index (χ0) is 9.40. The van der Waals surface area contributed by atoms with Gasteiger partial charge in [-0.2, -0.15) is 0 Å². The van der Waals surface area contributed by atoms with Gasteiger partial charge >= 0.3 is 5.97 Å². The van der Waals surface area contributed by atoms with E-state index in [4.69, 9.17) is 0 Å². The molecule has 0 aromatic rings. The van der Waals surface area contributed by atoms with Crippen molar-refractivity contribution < 1.29 is 9.53 Å². The number of carbonyl (C=O) groups is 1. The lowest BCUT2D eigenvalue weighted by Gasteiger charge is -1.90. The number of carbonyl (C=O) groups excluding carboxylic acids is 1. The van der Waals surface area contributed by atoms with Crippen LogP contribution in [0.1, 0.15) is 0 Å². The Labute approximate surface area is 72.5 Å². The number of allylic oxidation sites excluding steroid dienone is 5. The second kappa shape index (κ2) is 6.16. The number of rotatable bonds is 4. The highest BCUT2D eigenvalue weighted by Crippen LogP contribution is 1.98. The minimum absolute atomic E-state index is 0.383. The van der Waals surface area contributed by atoms with Crippen LogP contribution in [0.3, 0.4) is 0 Å². The molecule has 0 atom stereocenters. The van der Waals surface area contributed by atoms with Crippen LogP contribution in [-0.4, -0.2) is 13.1 Å². The van der Waals surface area contributed by atoms with Crippen LogP contribution in [0.2, 0.25) is 0 Å². The average Bonchev–Trinajstić information content (AvgIpc) is 2.11. The summed E-state index contributed by atoms with van der Waals surface area (Å²) < 4.78 is 4.41. The molecule has 2 heteroatoms. The first-order valence-corrected chi connectivity index (χ1v) is 3.45. The predicted molar refractivity (Wildman–Crippen MR) is 49.6 cm³/mol. The van der Waals surface area contributed by atoms with Crippen molar-refractivity contribution in [1.82, 2.24) is 0 Å². The SMILES string of the molecule is C=CC=C(C=C)C=CC(=O)OC. The van der Waals surface area contributed by atoms with Crippen LogP contribution in [0.5, 0.6) is 0 Å². The molecule has 0 spiro atoms. The molecule has 64 valence electrons. The van der Waals surface area contributed by atoms with Gasteiger partial charge < -0.3 is 4.74 Å².